The Bertz CT molecular complexity index is 347. The Balaban J connectivity index is 2.19. The first kappa shape index (κ1) is 11.6. The third kappa shape index (κ3) is 2.29. The lowest BCUT2D eigenvalue weighted by molar-refractivity contribution is 0.0927. The molecule has 1 aliphatic carbocycles. The second kappa shape index (κ2) is 4.56. The Morgan fingerprint density at radius 3 is 2.73 bits per heavy atom. The average Bonchev–Trinajstić information content (AvgIpc) is 2.71. The van der Waals surface area contributed by atoms with Crippen molar-refractivity contribution in [2.45, 2.75) is 39.2 Å². The van der Waals surface area contributed by atoms with Crippen molar-refractivity contribution in [3.8, 4) is 0 Å². The van der Waals surface area contributed by atoms with Crippen LogP contribution in [-0.4, -0.2) is 5.11 Å². The van der Waals surface area contributed by atoms with Crippen LogP contribution in [0.25, 0.3) is 0 Å². The summed E-state index contributed by atoms with van der Waals surface area (Å²) in [5.41, 5.74) is 0. The maximum atomic E-state index is 10.4. The lowest BCUT2D eigenvalue weighted by Gasteiger charge is -2.21. The zero-order valence-electron chi connectivity index (χ0n) is 9.16. The minimum atomic E-state index is -0.268. The van der Waals surface area contributed by atoms with E-state index in [0.717, 1.165) is 9.35 Å². The topological polar surface area (TPSA) is 20.2 Å². The smallest absolute Gasteiger partial charge is 0.0924 e. The molecule has 3 unspecified atom stereocenters. The van der Waals surface area contributed by atoms with Crippen LogP contribution in [0.5, 0.6) is 0 Å². The van der Waals surface area contributed by atoms with E-state index in [9.17, 15) is 5.11 Å². The summed E-state index contributed by atoms with van der Waals surface area (Å²) in [5, 5.41) is 10.4. The summed E-state index contributed by atoms with van der Waals surface area (Å²) in [7, 11) is 0. The monoisotopic (exact) mass is 288 g/mol. The van der Waals surface area contributed by atoms with Crippen LogP contribution in [0.3, 0.4) is 0 Å². The maximum Gasteiger partial charge on any atom is 0.0924 e. The Morgan fingerprint density at radius 2 is 2.27 bits per heavy atom. The van der Waals surface area contributed by atoms with Gasteiger partial charge in [0.25, 0.3) is 0 Å². The van der Waals surface area contributed by atoms with Crippen LogP contribution in [0.2, 0.25) is 0 Å². The first-order valence-corrected chi connectivity index (χ1v) is 7.14. The number of aliphatic hydroxyl groups is 1. The van der Waals surface area contributed by atoms with Crippen molar-refractivity contribution in [1.82, 2.24) is 0 Å². The molecule has 0 bridgehead atoms. The molecule has 1 aromatic rings. The van der Waals surface area contributed by atoms with Gasteiger partial charge in [-0.15, -0.1) is 11.3 Å². The van der Waals surface area contributed by atoms with Crippen LogP contribution in [-0.2, 0) is 0 Å². The van der Waals surface area contributed by atoms with Crippen molar-refractivity contribution in [1.29, 1.82) is 0 Å². The molecule has 0 amide bonds. The van der Waals surface area contributed by atoms with E-state index in [0.29, 0.717) is 11.8 Å². The molecule has 1 fully saturated rings. The molecule has 0 radical (unpaired) electrons. The Morgan fingerprint density at radius 1 is 1.53 bits per heavy atom. The fourth-order valence-corrected chi connectivity index (χ4v) is 4.49. The van der Waals surface area contributed by atoms with Gasteiger partial charge in [-0.3, -0.25) is 0 Å². The van der Waals surface area contributed by atoms with Crippen LogP contribution in [0.15, 0.2) is 10.5 Å². The molecule has 1 saturated carbocycles. The highest BCUT2D eigenvalue weighted by atomic mass is 79.9. The molecule has 1 nitrogen and oxygen atoms in total. The number of aryl methyl sites for hydroxylation is 1. The van der Waals surface area contributed by atoms with E-state index >= 15 is 0 Å². The zero-order valence-corrected chi connectivity index (χ0v) is 11.6. The van der Waals surface area contributed by atoms with E-state index < -0.39 is 0 Å². The van der Waals surface area contributed by atoms with Gasteiger partial charge in [-0.2, -0.15) is 0 Å². The Hall–Kier alpha value is 0.140. The van der Waals surface area contributed by atoms with Crippen molar-refractivity contribution >= 4 is 27.3 Å². The number of halogens is 1. The zero-order chi connectivity index (χ0) is 11.0. The predicted molar refractivity (Wildman–Crippen MR) is 68.2 cm³/mol. The van der Waals surface area contributed by atoms with Gasteiger partial charge in [0.15, 0.2) is 0 Å². The maximum absolute atomic E-state index is 10.4. The summed E-state index contributed by atoms with van der Waals surface area (Å²) in [6, 6.07) is 2.10. The van der Waals surface area contributed by atoms with E-state index in [-0.39, 0.29) is 6.10 Å². The Labute approximate surface area is 104 Å². The van der Waals surface area contributed by atoms with Crippen molar-refractivity contribution in [3.63, 3.8) is 0 Å². The number of aliphatic hydroxyl groups excluding tert-OH is 1. The first-order valence-electron chi connectivity index (χ1n) is 5.53. The van der Waals surface area contributed by atoms with Crippen molar-refractivity contribution in [2.75, 3.05) is 0 Å². The van der Waals surface area contributed by atoms with Crippen LogP contribution in [0, 0.1) is 18.8 Å². The molecule has 0 saturated heterocycles. The highest BCUT2D eigenvalue weighted by molar-refractivity contribution is 9.10. The van der Waals surface area contributed by atoms with E-state index in [1.807, 2.05) is 0 Å². The number of rotatable bonds is 2. The van der Waals surface area contributed by atoms with Crippen molar-refractivity contribution in [2.24, 2.45) is 11.8 Å². The van der Waals surface area contributed by atoms with Gasteiger partial charge in [-0.25, -0.2) is 0 Å². The number of thiophene rings is 1. The lowest BCUT2D eigenvalue weighted by Crippen LogP contribution is -2.14. The molecule has 1 N–H and O–H groups in total. The summed E-state index contributed by atoms with van der Waals surface area (Å²) in [5.74, 6) is 1.12. The standard InChI is InChI=1S/C12H17BrOS/c1-7-4-3-5-9(7)11(14)12-10(13)6-8(2)15-12/h6-7,9,11,14H,3-5H2,1-2H3. The van der Waals surface area contributed by atoms with E-state index in [4.69, 9.17) is 0 Å². The molecule has 15 heavy (non-hydrogen) atoms. The van der Waals surface area contributed by atoms with Crippen molar-refractivity contribution in [3.05, 3.63) is 20.3 Å². The van der Waals surface area contributed by atoms with Gasteiger partial charge >= 0.3 is 0 Å². The first-order chi connectivity index (χ1) is 7.09. The highest BCUT2D eigenvalue weighted by Gasteiger charge is 2.32. The van der Waals surface area contributed by atoms with Crippen molar-refractivity contribution < 1.29 is 5.11 Å². The molecule has 0 spiro atoms. The third-order valence-electron chi connectivity index (χ3n) is 3.44. The SMILES string of the molecule is Cc1cc(Br)c(C(O)C2CCCC2C)s1. The van der Waals surface area contributed by atoms with Crippen LogP contribution in [0.4, 0.5) is 0 Å². The molecular weight excluding hydrogens is 272 g/mol. The Kier molecular flexibility index (Phi) is 3.53. The molecule has 1 aromatic heterocycles. The molecule has 3 heteroatoms. The van der Waals surface area contributed by atoms with Gasteiger partial charge < -0.3 is 5.11 Å². The van der Waals surface area contributed by atoms with E-state index in [2.05, 4.69) is 35.8 Å². The van der Waals surface area contributed by atoms with Gasteiger partial charge in [-0.05, 0) is 47.2 Å². The van der Waals surface area contributed by atoms with Gasteiger partial charge in [0.1, 0.15) is 0 Å². The molecular formula is C12H17BrOS. The molecule has 0 aliphatic heterocycles. The van der Waals surface area contributed by atoms with Gasteiger partial charge in [0.2, 0.25) is 0 Å². The molecule has 1 aliphatic rings. The highest BCUT2D eigenvalue weighted by Crippen LogP contribution is 2.44. The van der Waals surface area contributed by atoms with Gasteiger partial charge in [0, 0.05) is 14.2 Å². The second-order valence-electron chi connectivity index (χ2n) is 4.59. The van der Waals surface area contributed by atoms with E-state index in [1.54, 1.807) is 11.3 Å². The van der Waals surface area contributed by atoms with Gasteiger partial charge in [-0.1, -0.05) is 19.8 Å². The molecule has 2 rings (SSSR count). The fourth-order valence-electron chi connectivity index (χ4n) is 2.54. The average molecular weight is 289 g/mol. The molecule has 0 aromatic carbocycles. The quantitative estimate of drug-likeness (QED) is 0.861. The number of hydrogen-bond acceptors (Lipinski definition) is 2. The predicted octanol–water partition coefficient (Wildman–Crippen LogP) is 4.29. The van der Waals surface area contributed by atoms with Crippen LogP contribution in [0.1, 0.15) is 42.0 Å². The fraction of sp³-hybridized carbons (Fsp3) is 0.667. The lowest BCUT2D eigenvalue weighted by atomic mass is 9.91. The molecule has 84 valence electrons. The minimum absolute atomic E-state index is 0.268. The summed E-state index contributed by atoms with van der Waals surface area (Å²) < 4.78 is 1.08. The minimum Gasteiger partial charge on any atom is -0.387 e. The molecule has 1 heterocycles. The van der Waals surface area contributed by atoms with Crippen LogP contribution < -0.4 is 0 Å². The number of hydrogen-bond donors (Lipinski definition) is 1. The molecule has 3 atom stereocenters. The summed E-state index contributed by atoms with van der Waals surface area (Å²) in [6.45, 7) is 4.35. The van der Waals surface area contributed by atoms with Crippen LogP contribution >= 0.6 is 27.3 Å². The van der Waals surface area contributed by atoms with Gasteiger partial charge in [0.05, 0.1) is 6.10 Å². The summed E-state index contributed by atoms with van der Waals surface area (Å²) >= 11 is 5.25. The normalized spacial score (nSPS) is 28.3. The third-order valence-corrected chi connectivity index (χ3v) is 5.48. The largest absolute Gasteiger partial charge is 0.387 e. The van der Waals surface area contributed by atoms with E-state index in [1.165, 1.54) is 24.1 Å². The summed E-state index contributed by atoms with van der Waals surface area (Å²) in [6.07, 6.45) is 3.44. The summed E-state index contributed by atoms with van der Waals surface area (Å²) in [4.78, 5) is 2.38. The second-order valence-corrected chi connectivity index (χ2v) is 6.73.